The number of hydrogen-bond acceptors (Lipinski definition) is 3. The van der Waals surface area contributed by atoms with E-state index in [2.05, 4.69) is 10.6 Å². The van der Waals surface area contributed by atoms with Gasteiger partial charge in [0.25, 0.3) is 11.8 Å². The van der Waals surface area contributed by atoms with Gasteiger partial charge in [-0.1, -0.05) is 49.4 Å². The average molecular weight is 482 g/mol. The zero-order chi connectivity index (χ0) is 23.9. The minimum absolute atomic E-state index is 0.0188. The van der Waals surface area contributed by atoms with E-state index in [0.29, 0.717) is 53.8 Å². The smallest absolute Gasteiger partial charge is 0.257 e. The second-order valence-electron chi connectivity index (χ2n) is 9.27. The molecular formula is C27H32ClN3O3. The molecule has 34 heavy (non-hydrogen) atoms. The van der Waals surface area contributed by atoms with Crippen LogP contribution in [0.15, 0.2) is 48.5 Å². The van der Waals surface area contributed by atoms with Crippen molar-refractivity contribution in [2.45, 2.75) is 57.4 Å². The molecular weight excluding hydrogens is 450 g/mol. The molecule has 2 aromatic rings. The van der Waals surface area contributed by atoms with E-state index in [-0.39, 0.29) is 23.6 Å². The van der Waals surface area contributed by atoms with Crippen LogP contribution in [0, 0.1) is 5.92 Å². The summed E-state index contributed by atoms with van der Waals surface area (Å²) in [4.78, 5) is 39.9. The number of nitrogens with one attached hydrogen (secondary N) is 2. The van der Waals surface area contributed by atoms with Crippen molar-refractivity contribution in [1.29, 1.82) is 0 Å². The summed E-state index contributed by atoms with van der Waals surface area (Å²) in [5.41, 5.74) is 1.56. The zero-order valence-electron chi connectivity index (χ0n) is 19.4. The van der Waals surface area contributed by atoms with Crippen molar-refractivity contribution in [3.05, 3.63) is 64.7 Å². The monoisotopic (exact) mass is 481 g/mol. The number of benzene rings is 2. The molecule has 1 aliphatic heterocycles. The summed E-state index contributed by atoms with van der Waals surface area (Å²) in [5.74, 6) is -0.215. The maximum atomic E-state index is 13.0. The van der Waals surface area contributed by atoms with Crippen molar-refractivity contribution in [3.63, 3.8) is 0 Å². The maximum absolute atomic E-state index is 13.0. The molecule has 180 valence electrons. The minimum Gasteiger partial charge on any atom is -0.353 e. The van der Waals surface area contributed by atoms with Crippen molar-refractivity contribution in [3.8, 4) is 0 Å². The molecule has 2 aromatic carbocycles. The van der Waals surface area contributed by atoms with Gasteiger partial charge in [-0.25, -0.2) is 0 Å². The molecule has 0 atom stereocenters. The Morgan fingerprint density at radius 3 is 2.12 bits per heavy atom. The summed E-state index contributed by atoms with van der Waals surface area (Å²) in [6, 6.07) is 14.0. The number of carbonyl (C=O) groups is 3. The number of rotatable bonds is 5. The highest BCUT2D eigenvalue weighted by Crippen LogP contribution is 2.23. The normalized spacial score (nSPS) is 17.6. The lowest BCUT2D eigenvalue weighted by Crippen LogP contribution is -2.45. The van der Waals surface area contributed by atoms with Crippen LogP contribution >= 0.6 is 11.6 Å². The quantitative estimate of drug-likeness (QED) is 0.570. The molecule has 0 spiro atoms. The van der Waals surface area contributed by atoms with E-state index in [4.69, 9.17) is 11.6 Å². The van der Waals surface area contributed by atoms with Gasteiger partial charge in [-0.05, 0) is 62.1 Å². The highest BCUT2D eigenvalue weighted by Gasteiger charge is 2.29. The molecule has 2 N–H and O–H groups in total. The number of nitrogens with zero attached hydrogens (tertiary/aromatic N) is 1. The van der Waals surface area contributed by atoms with Crippen LogP contribution in [0.2, 0.25) is 5.02 Å². The number of hydrogen-bond donors (Lipinski definition) is 2. The first kappa shape index (κ1) is 24.3. The fourth-order valence-corrected chi connectivity index (χ4v) is 5.03. The van der Waals surface area contributed by atoms with Gasteiger partial charge >= 0.3 is 0 Å². The predicted octanol–water partition coefficient (Wildman–Crippen LogP) is 5.28. The molecule has 6 nitrogen and oxygen atoms in total. The SMILES string of the molecule is O=C(Nc1ccc(C(=O)N2CCC(C(=O)NC3CCCCCC3)CC2)cc1)c1ccccc1Cl. The average Bonchev–Trinajstić information content (AvgIpc) is 3.13. The molecule has 0 unspecified atom stereocenters. The fraction of sp³-hybridized carbons (Fsp3) is 0.444. The number of amides is 3. The second-order valence-corrected chi connectivity index (χ2v) is 9.68. The van der Waals surface area contributed by atoms with Crippen molar-refractivity contribution < 1.29 is 14.4 Å². The second kappa shape index (κ2) is 11.5. The van der Waals surface area contributed by atoms with Crippen molar-refractivity contribution in [2.75, 3.05) is 18.4 Å². The standard InChI is InChI=1S/C27H32ClN3O3/c28-24-10-6-5-9-23(24)26(33)30-22-13-11-20(12-14-22)27(34)31-17-15-19(16-18-31)25(32)29-21-7-3-1-2-4-8-21/h5-6,9-14,19,21H,1-4,7-8,15-18H2,(H,29,32)(H,30,33). The van der Waals surface area contributed by atoms with Gasteiger partial charge in [-0.3, -0.25) is 14.4 Å². The van der Waals surface area contributed by atoms with Crippen LogP contribution in [0.1, 0.15) is 72.1 Å². The molecule has 4 rings (SSSR count). The lowest BCUT2D eigenvalue weighted by molar-refractivity contribution is -0.127. The first-order valence-corrected chi connectivity index (χ1v) is 12.6. The molecule has 3 amide bonds. The highest BCUT2D eigenvalue weighted by atomic mass is 35.5. The van der Waals surface area contributed by atoms with Gasteiger partial charge in [0, 0.05) is 36.3 Å². The number of carbonyl (C=O) groups excluding carboxylic acids is 3. The molecule has 0 aromatic heterocycles. The van der Waals surface area contributed by atoms with Crippen LogP contribution in [-0.2, 0) is 4.79 Å². The summed E-state index contributed by atoms with van der Waals surface area (Å²) < 4.78 is 0. The van der Waals surface area contributed by atoms with Crippen LogP contribution in [0.5, 0.6) is 0 Å². The number of halogens is 1. The molecule has 2 aliphatic rings. The van der Waals surface area contributed by atoms with Crippen LogP contribution in [0.3, 0.4) is 0 Å². The van der Waals surface area contributed by atoms with E-state index in [1.54, 1.807) is 48.5 Å². The van der Waals surface area contributed by atoms with Crippen LogP contribution in [-0.4, -0.2) is 41.8 Å². The highest BCUT2D eigenvalue weighted by molar-refractivity contribution is 6.34. The first-order valence-electron chi connectivity index (χ1n) is 12.3. The van der Waals surface area contributed by atoms with Gasteiger partial charge < -0.3 is 15.5 Å². The van der Waals surface area contributed by atoms with E-state index in [0.717, 1.165) is 12.8 Å². The van der Waals surface area contributed by atoms with Crippen LogP contribution < -0.4 is 10.6 Å². The third kappa shape index (κ3) is 6.17. The Hall–Kier alpha value is -2.86. The molecule has 1 aliphatic carbocycles. The first-order chi connectivity index (χ1) is 16.5. The molecule has 1 saturated heterocycles. The maximum Gasteiger partial charge on any atom is 0.257 e. The van der Waals surface area contributed by atoms with E-state index in [1.807, 2.05) is 4.90 Å². The molecule has 0 radical (unpaired) electrons. The summed E-state index contributed by atoms with van der Waals surface area (Å²) in [7, 11) is 0. The minimum atomic E-state index is -0.297. The molecule has 1 heterocycles. The van der Waals surface area contributed by atoms with Gasteiger partial charge in [-0.2, -0.15) is 0 Å². The lowest BCUT2D eigenvalue weighted by atomic mass is 9.94. The summed E-state index contributed by atoms with van der Waals surface area (Å²) >= 11 is 6.09. The van der Waals surface area contributed by atoms with Gasteiger partial charge in [0.05, 0.1) is 10.6 Å². The van der Waals surface area contributed by atoms with E-state index < -0.39 is 0 Å². The van der Waals surface area contributed by atoms with Crippen molar-refractivity contribution >= 4 is 35.0 Å². The Balaban J connectivity index is 1.27. The van der Waals surface area contributed by atoms with Gasteiger partial charge in [0.15, 0.2) is 0 Å². The van der Waals surface area contributed by atoms with Gasteiger partial charge in [0.2, 0.25) is 5.91 Å². The largest absolute Gasteiger partial charge is 0.353 e. The molecule has 7 heteroatoms. The van der Waals surface area contributed by atoms with Gasteiger partial charge in [-0.15, -0.1) is 0 Å². The molecule has 2 fully saturated rings. The Morgan fingerprint density at radius 1 is 0.824 bits per heavy atom. The molecule has 0 bridgehead atoms. The van der Waals surface area contributed by atoms with Crippen molar-refractivity contribution in [2.24, 2.45) is 5.92 Å². The topological polar surface area (TPSA) is 78.5 Å². The third-order valence-electron chi connectivity index (χ3n) is 6.86. The predicted molar refractivity (Wildman–Crippen MR) is 134 cm³/mol. The van der Waals surface area contributed by atoms with Crippen LogP contribution in [0.25, 0.3) is 0 Å². The third-order valence-corrected chi connectivity index (χ3v) is 7.19. The number of piperidine rings is 1. The Bertz CT molecular complexity index is 1010. The summed E-state index contributed by atoms with van der Waals surface area (Å²) in [5, 5.41) is 6.45. The number of likely N-dealkylation sites (tertiary alicyclic amines) is 1. The Labute approximate surface area is 206 Å². The van der Waals surface area contributed by atoms with E-state index in [9.17, 15) is 14.4 Å². The summed E-state index contributed by atoms with van der Waals surface area (Å²) in [6.45, 7) is 1.15. The Kier molecular flexibility index (Phi) is 8.22. The fourth-order valence-electron chi connectivity index (χ4n) is 4.81. The van der Waals surface area contributed by atoms with Crippen LogP contribution in [0.4, 0.5) is 5.69 Å². The Morgan fingerprint density at radius 2 is 1.47 bits per heavy atom. The summed E-state index contributed by atoms with van der Waals surface area (Å²) in [6.07, 6.45) is 8.46. The number of anilines is 1. The molecule has 1 saturated carbocycles. The van der Waals surface area contributed by atoms with E-state index >= 15 is 0 Å². The van der Waals surface area contributed by atoms with E-state index in [1.165, 1.54) is 25.7 Å². The lowest BCUT2D eigenvalue weighted by Gasteiger charge is -2.32. The zero-order valence-corrected chi connectivity index (χ0v) is 20.2. The van der Waals surface area contributed by atoms with Crippen molar-refractivity contribution in [1.82, 2.24) is 10.2 Å². The van der Waals surface area contributed by atoms with Gasteiger partial charge in [0.1, 0.15) is 0 Å².